The summed E-state index contributed by atoms with van der Waals surface area (Å²) < 4.78 is 1.25. The summed E-state index contributed by atoms with van der Waals surface area (Å²) >= 11 is 0. The van der Waals surface area contributed by atoms with Crippen molar-refractivity contribution in [3.8, 4) is 0 Å². The number of non-ortho nitro benzene ring substituents is 1. The number of nitro benzene ring substituents is 1. The first kappa shape index (κ1) is 11.0. The Hall–Kier alpha value is -3.10. The maximum Gasteiger partial charge on any atom is 0.276 e. The van der Waals surface area contributed by atoms with Crippen LogP contribution in [0, 0.1) is 10.1 Å². The van der Waals surface area contributed by atoms with Crippen molar-refractivity contribution >= 4 is 23.0 Å². The van der Waals surface area contributed by atoms with Gasteiger partial charge in [0.2, 0.25) is 0 Å². The van der Waals surface area contributed by atoms with E-state index in [0.717, 1.165) is 0 Å². The highest BCUT2D eigenvalue weighted by Gasteiger charge is 2.28. The summed E-state index contributed by atoms with van der Waals surface area (Å²) in [7, 11) is 0. The number of fused-ring (bicyclic) bond motifs is 1. The lowest BCUT2D eigenvalue weighted by Gasteiger charge is -1.97. The van der Waals surface area contributed by atoms with Crippen LogP contribution >= 0.6 is 0 Å². The molecule has 1 aromatic heterocycles. The monoisotopic (exact) mass is 258 g/mol. The molecule has 1 aromatic carbocycles. The number of hydrogen-bond acceptors (Lipinski definition) is 6. The van der Waals surface area contributed by atoms with Crippen molar-refractivity contribution < 1.29 is 9.72 Å². The number of amides is 1. The number of benzene rings is 1. The van der Waals surface area contributed by atoms with Crippen LogP contribution in [0.1, 0.15) is 5.56 Å². The number of hydrogen-bond donors (Lipinski definition) is 1. The van der Waals surface area contributed by atoms with Gasteiger partial charge in [-0.1, -0.05) is 0 Å². The fourth-order valence-corrected chi connectivity index (χ4v) is 1.72. The standard InChI is InChI=1S/C10H6N6O3/c17-10-9(14-15-4-11-12-5-15)7-3-6(16(18)19)1-2-8(7)13-10/h1-5H,(H,13,14,17). The smallest absolute Gasteiger partial charge is 0.276 e. The number of anilines is 1. The zero-order valence-electron chi connectivity index (χ0n) is 9.35. The minimum Gasteiger partial charge on any atom is -0.320 e. The molecule has 3 rings (SSSR count). The molecule has 0 unspecified atom stereocenters. The fourth-order valence-electron chi connectivity index (χ4n) is 1.72. The molecule has 0 bridgehead atoms. The molecule has 1 aliphatic heterocycles. The first-order chi connectivity index (χ1) is 9.15. The third-order valence-corrected chi connectivity index (χ3v) is 2.55. The number of nitrogens with one attached hydrogen (secondary N) is 1. The largest absolute Gasteiger partial charge is 0.320 e. The van der Waals surface area contributed by atoms with Crippen LogP contribution in [-0.2, 0) is 4.79 Å². The topological polar surface area (TPSA) is 115 Å². The van der Waals surface area contributed by atoms with E-state index in [1.54, 1.807) is 0 Å². The molecule has 9 nitrogen and oxygen atoms in total. The third kappa shape index (κ3) is 1.82. The van der Waals surface area contributed by atoms with Crippen LogP contribution in [0.5, 0.6) is 0 Å². The van der Waals surface area contributed by atoms with Crippen molar-refractivity contribution in [2.24, 2.45) is 5.10 Å². The van der Waals surface area contributed by atoms with E-state index in [9.17, 15) is 14.9 Å². The Morgan fingerprint density at radius 3 is 2.74 bits per heavy atom. The van der Waals surface area contributed by atoms with Crippen LogP contribution in [0.4, 0.5) is 11.4 Å². The molecule has 9 heteroatoms. The van der Waals surface area contributed by atoms with Gasteiger partial charge in [0.05, 0.1) is 10.6 Å². The number of rotatable bonds is 2. The molecule has 2 aromatic rings. The lowest BCUT2D eigenvalue weighted by molar-refractivity contribution is -0.384. The van der Waals surface area contributed by atoms with Crippen molar-refractivity contribution in [2.45, 2.75) is 0 Å². The van der Waals surface area contributed by atoms with Crippen molar-refractivity contribution in [3.05, 3.63) is 46.5 Å². The predicted molar refractivity (Wildman–Crippen MR) is 63.7 cm³/mol. The van der Waals surface area contributed by atoms with Crippen molar-refractivity contribution in [2.75, 3.05) is 5.32 Å². The Kier molecular flexibility index (Phi) is 2.31. The molecule has 1 amide bonds. The summed E-state index contributed by atoms with van der Waals surface area (Å²) in [4.78, 5) is 22.0. The van der Waals surface area contributed by atoms with E-state index in [4.69, 9.17) is 0 Å². The van der Waals surface area contributed by atoms with Gasteiger partial charge in [0.25, 0.3) is 11.6 Å². The Morgan fingerprint density at radius 2 is 2.05 bits per heavy atom. The third-order valence-electron chi connectivity index (χ3n) is 2.55. The Morgan fingerprint density at radius 1 is 1.32 bits per heavy atom. The van der Waals surface area contributed by atoms with Crippen LogP contribution in [-0.4, -0.2) is 31.4 Å². The molecular weight excluding hydrogens is 252 g/mol. The van der Waals surface area contributed by atoms with Crippen molar-refractivity contribution in [3.63, 3.8) is 0 Å². The number of nitro groups is 1. The minimum atomic E-state index is -0.528. The van der Waals surface area contributed by atoms with Gasteiger partial charge >= 0.3 is 0 Å². The molecule has 0 saturated carbocycles. The molecule has 1 N–H and O–H groups in total. The van der Waals surface area contributed by atoms with Crippen molar-refractivity contribution in [1.29, 1.82) is 0 Å². The Labute approximate surface area is 105 Å². The molecular formula is C10H6N6O3. The van der Waals surface area contributed by atoms with Crippen LogP contribution in [0.3, 0.4) is 0 Å². The molecule has 0 radical (unpaired) electrons. The average Bonchev–Trinajstić information content (AvgIpc) is 2.98. The Bertz CT molecular complexity index is 706. The normalized spacial score (nSPS) is 15.4. The second kappa shape index (κ2) is 3.98. The number of nitrogens with zero attached hydrogens (tertiary/aromatic N) is 5. The maximum absolute atomic E-state index is 11.8. The van der Waals surface area contributed by atoms with Gasteiger partial charge in [-0.05, 0) is 6.07 Å². The lowest BCUT2D eigenvalue weighted by Crippen LogP contribution is -2.15. The summed E-state index contributed by atoms with van der Waals surface area (Å²) in [6.07, 6.45) is 2.63. The van der Waals surface area contributed by atoms with Crippen LogP contribution < -0.4 is 5.32 Å². The van der Waals surface area contributed by atoms with Gasteiger partial charge in [0.1, 0.15) is 12.7 Å². The second-order valence-corrected chi connectivity index (χ2v) is 3.73. The highest BCUT2D eigenvalue weighted by molar-refractivity contribution is 6.53. The highest BCUT2D eigenvalue weighted by atomic mass is 16.6. The lowest BCUT2D eigenvalue weighted by atomic mass is 10.1. The van der Waals surface area contributed by atoms with Gasteiger partial charge in [0.15, 0.2) is 5.71 Å². The SMILES string of the molecule is O=C1Nc2ccc([N+](=O)[O-])cc2/C1=N\n1cnnc1. The molecule has 1 aliphatic rings. The highest BCUT2D eigenvalue weighted by Crippen LogP contribution is 2.27. The van der Waals surface area contributed by atoms with Gasteiger partial charge in [-0.2, -0.15) is 5.10 Å². The molecule has 19 heavy (non-hydrogen) atoms. The van der Waals surface area contributed by atoms with E-state index in [2.05, 4.69) is 20.6 Å². The van der Waals surface area contributed by atoms with Gasteiger partial charge in [0, 0.05) is 17.7 Å². The van der Waals surface area contributed by atoms with E-state index >= 15 is 0 Å². The summed E-state index contributed by atoms with van der Waals surface area (Å²) in [5.41, 5.74) is 0.848. The molecule has 0 aliphatic carbocycles. The van der Waals surface area contributed by atoms with E-state index in [0.29, 0.717) is 11.3 Å². The summed E-state index contributed by atoms with van der Waals surface area (Å²) in [6, 6.07) is 4.09. The molecule has 0 fully saturated rings. The first-order valence-corrected chi connectivity index (χ1v) is 5.19. The first-order valence-electron chi connectivity index (χ1n) is 5.19. The zero-order valence-corrected chi connectivity index (χ0v) is 9.35. The molecule has 0 atom stereocenters. The molecule has 0 spiro atoms. The van der Waals surface area contributed by atoms with Crippen LogP contribution in [0.2, 0.25) is 0 Å². The van der Waals surface area contributed by atoms with E-state index < -0.39 is 10.8 Å². The van der Waals surface area contributed by atoms with Gasteiger partial charge in [-0.3, -0.25) is 14.9 Å². The number of carbonyl (C=O) groups is 1. The molecule has 0 saturated heterocycles. The van der Waals surface area contributed by atoms with Crippen LogP contribution in [0.15, 0.2) is 36.0 Å². The van der Waals surface area contributed by atoms with Gasteiger partial charge < -0.3 is 5.32 Å². The van der Waals surface area contributed by atoms with E-state index in [1.807, 2.05) is 0 Å². The zero-order chi connectivity index (χ0) is 13.4. The Balaban J connectivity index is 2.12. The van der Waals surface area contributed by atoms with E-state index in [-0.39, 0.29) is 11.4 Å². The summed E-state index contributed by atoms with van der Waals surface area (Å²) in [5.74, 6) is -0.427. The number of aromatic nitrogens is 3. The average molecular weight is 258 g/mol. The fraction of sp³-hybridized carbons (Fsp3) is 0. The summed E-state index contributed by atoms with van der Waals surface area (Å²) in [5, 5.41) is 24.4. The summed E-state index contributed by atoms with van der Waals surface area (Å²) in [6.45, 7) is 0. The predicted octanol–water partition coefficient (Wildman–Crippen LogP) is 0.391. The maximum atomic E-state index is 11.8. The second-order valence-electron chi connectivity index (χ2n) is 3.73. The molecule has 94 valence electrons. The van der Waals surface area contributed by atoms with E-state index in [1.165, 1.54) is 35.5 Å². The number of carbonyl (C=O) groups excluding carboxylic acids is 1. The van der Waals surface area contributed by atoms with Gasteiger partial charge in [-0.15, -0.1) is 10.2 Å². The van der Waals surface area contributed by atoms with Crippen LogP contribution in [0.25, 0.3) is 0 Å². The quantitative estimate of drug-likeness (QED) is 0.618. The molecule has 2 heterocycles. The van der Waals surface area contributed by atoms with Gasteiger partial charge in [-0.25, -0.2) is 4.68 Å². The minimum absolute atomic E-state index is 0.0819. The van der Waals surface area contributed by atoms with Crippen molar-refractivity contribution in [1.82, 2.24) is 14.9 Å².